The van der Waals surface area contributed by atoms with Crippen LogP contribution in [0.2, 0.25) is 18.1 Å². The predicted molar refractivity (Wildman–Crippen MR) is 256 cm³/mol. The summed E-state index contributed by atoms with van der Waals surface area (Å²) >= 11 is 18.3. The molecule has 2 aliphatic rings. The fourth-order valence-corrected chi connectivity index (χ4v) is 10.8. The van der Waals surface area contributed by atoms with Gasteiger partial charge in [-0.05, 0) is 66.7 Å². The van der Waals surface area contributed by atoms with E-state index in [9.17, 15) is 19.2 Å². The van der Waals surface area contributed by atoms with E-state index in [0.717, 1.165) is 18.1 Å². The van der Waals surface area contributed by atoms with Crippen molar-refractivity contribution in [3.63, 3.8) is 0 Å². The summed E-state index contributed by atoms with van der Waals surface area (Å²) in [6, 6.07) is 35.5. The van der Waals surface area contributed by atoms with E-state index in [1.54, 1.807) is 116 Å². The highest BCUT2D eigenvalue weighted by molar-refractivity contribution is 6.76. The van der Waals surface area contributed by atoms with E-state index < -0.39 is 103 Å². The van der Waals surface area contributed by atoms with Crippen LogP contribution in [-0.4, -0.2) is 104 Å². The van der Waals surface area contributed by atoms with Crippen molar-refractivity contribution in [2.45, 2.75) is 106 Å². The topological polar surface area (TPSA) is 175 Å². The molecule has 4 aromatic carbocycles. The average molecular weight is 1010 g/mol. The van der Waals surface area contributed by atoms with Gasteiger partial charge in [-0.3, -0.25) is 5.41 Å². The Labute approximate surface area is 412 Å². The first-order valence-electron chi connectivity index (χ1n) is 22.5. The molecule has 4 aromatic rings. The maximum atomic E-state index is 13.9. The molecule has 14 nitrogen and oxygen atoms in total. The quantitative estimate of drug-likeness (QED) is 0.0249. The van der Waals surface area contributed by atoms with Gasteiger partial charge in [0.15, 0.2) is 26.8 Å². The van der Waals surface area contributed by atoms with Crippen molar-refractivity contribution >= 4 is 72.9 Å². The molecule has 18 heteroatoms. The van der Waals surface area contributed by atoms with E-state index in [2.05, 4.69) is 20.8 Å². The van der Waals surface area contributed by atoms with Gasteiger partial charge >= 0.3 is 23.9 Å². The number of nitrogens with one attached hydrogen (secondary N) is 1. The van der Waals surface area contributed by atoms with Gasteiger partial charge in [0.2, 0.25) is 18.3 Å². The lowest BCUT2D eigenvalue weighted by Gasteiger charge is -2.46. The van der Waals surface area contributed by atoms with Crippen LogP contribution in [0.3, 0.4) is 0 Å². The number of esters is 4. The van der Waals surface area contributed by atoms with Crippen LogP contribution in [0.5, 0.6) is 0 Å². The van der Waals surface area contributed by atoms with Gasteiger partial charge in [-0.15, -0.1) is 0 Å². The minimum atomic E-state index is -2.39. The molecule has 0 radical (unpaired) electrons. The fourth-order valence-electron chi connectivity index (χ4n) is 8.03. The minimum absolute atomic E-state index is 0.124. The highest BCUT2D eigenvalue weighted by atomic mass is 35.6. The number of hydrogen-bond donors (Lipinski definition) is 1. The Balaban J connectivity index is 1.38. The van der Waals surface area contributed by atoms with Crippen molar-refractivity contribution < 1.29 is 61.5 Å². The summed E-state index contributed by atoms with van der Waals surface area (Å²) in [6.07, 6.45) is -10.3. The fraction of sp³-hybridized carbons (Fsp3) is 0.420. The number of alkyl halides is 3. The van der Waals surface area contributed by atoms with Gasteiger partial charge < -0.3 is 42.3 Å². The van der Waals surface area contributed by atoms with E-state index in [1.807, 2.05) is 6.92 Å². The lowest BCUT2D eigenvalue weighted by molar-refractivity contribution is -0.309. The van der Waals surface area contributed by atoms with Crippen LogP contribution in [0, 0.1) is 17.2 Å². The van der Waals surface area contributed by atoms with Gasteiger partial charge in [-0.2, -0.15) is 0 Å². The third-order valence-electron chi connectivity index (χ3n) is 12.4. The number of carbonyl (C=O) groups is 4. The summed E-state index contributed by atoms with van der Waals surface area (Å²) in [4.78, 5) is 55.3. The molecule has 2 unspecified atom stereocenters. The van der Waals surface area contributed by atoms with Crippen molar-refractivity contribution in [3.05, 3.63) is 144 Å². The number of halogens is 3. The summed E-state index contributed by atoms with van der Waals surface area (Å²) < 4.78 is 54.5. The molecule has 6 rings (SSSR count). The number of benzene rings is 4. The van der Waals surface area contributed by atoms with Gasteiger partial charge in [0.1, 0.15) is 6.10 Å². The van der Waals surface area contributed by atoms with Crippen molar-refractivity contribution in [2.75, 3.05) is 13.2 Å². The maximum Gasteiger partial charge on any atom is 0.338 e. The maximum absolute atomic E-state index is 13.9. The first-order valence-corrected chi connectivity index (χ1v) is 26.2. The molecule has 2 saturated heterocycles. The van der Waals surface area contributed by atoms with E-state index in [4.69, 9.17) is 82.5 Å². The second-order valence-corrected chi connectivity index (χ2v) is 23.6. The van der Waals surface area contributed by atoms with Crippen molar-refractivity contribution in [2.24, 2.45) is 11.8 Å². The molecule has 2 heterocycles. The lowest BCUT2D eigenvalue weighted by Crippen LogP contribution is -2.61. The molecule has 364 valence electrons. The lowest BCUT2D eigenvalue weighted by atomic mass is 9.89. The zero-order valence-corrected chi connectivity index (χ0v) is 41.6. The van der Waals surface area contributed by atoms with Gasteiger partial charge in [0, 0.05) is 11.8 Å². The van der Waals surface area contributed by atoms with E-state index >= 15 is 0 Å². The second kappa shape index (κ2) is 24.1. The molecule has 2 aliphatic heterocycles. The molecule has 0 amide bonds. The zero-order chi connectivity index (χ0) is 49.0. The van der Waals surface area contributed by atoms with Gasteiger partial charge in [-0.25, -0.2) is 19.2 Å². The first kappa shape index (κ1) is 52.5. The van der Waals surface area contributed by atoms with Gasteiger partial charge in [-0.1, -0.05) is 142 Å². The highest BCUT2D eigenvalue weighted by Gasteiger charge is 2.54. The molecule has 0 spiro atoms. The Morgan fingerprint density at radius 3 is 1.19 bits per heavy atom. The summed E-state index contributed by atoms with van der Waals surface area (Å²) in [7, 11) is -2.19. The van der Waals surface area contributed by atoms with Gasteiger partial charge in [0.25, 0.3) is 3.79 Å². The van der Waals surface area contributed by atoms with Crippen LogP contribution in [-0.2, 0) is 42.3 Å². The summed E-state index contributed by atoms with van der Waals surface area (Å²) in [5.74, 6) is -5.33. The Kier molecular flexibility index (Phi) is 18.6. The van der Waals surface area contributed by atoms with Crippen LogP contribution < -0.4 is 0 Å². The molecule has 1 N–H and O–H groups in total. The Morgan fingerprint density at radius 1 is 0.515 bits per heavy atom. The van der Waals surface area contributed by atoms with Crippen molar-refractivity contribution in [1.29, 1.82) is 5.41 Å². The predicted octanol–water partition coefficient (Wildman–Crippen LogP) is 10.0. The average Bonchev–Trinajstić information content (AvgIpc) is 3.35. The van der Waals surface area contributed by atoms with Crippen LogP contribution in [0.25, 0.3) is 0 Å². The number of rotatable bonds is 18. The molecule has 0 aliphatic carbocycles. The Hall–Kier alpha value is -4.84. The third-order valence-corrected chi connectivity index (χ3v) is 17.6. The van der Waals surface area contributed by atoms with Gasteiger partial charge in [0.05, 0.1) is 47.7 Å². The highest BCUT2D eigenvalue weighted by Crippen LogP contribution is 2.38. The largest absolute Gasteiger partial charge is 0.454 e. The Bertz CT molecular complexity index is 2280. The Morgan fingerprint density at radius 2 is 0.838 bits per heavy atom. The molecule has 2 fully saturated rings. The molecular weight excluding hydrogens is 957 g/mol. The summed E-state index contributed by atoms with van der Waals surface area (Å²) in [5.41, 5.74) is 0.846. The SMILES string of the molecule is CC[Si](CC)(CC)OC[C@H]1O[C@@H](OCC2OC(OC(=N)C(Cl)(Cl)Cl)[C@H](OC(=O)c3ccccc3)[C@@H](OC(=O)c3ccccc3)[C@@H]2C)[C@H](OC(=O)c2ccccc2)[C@@H](OC(=O)c2ccccc2)[C@@H]1C. The van der Waals surface area contributed by atoms with Crippen LogP contribution in [0.15, 0.2) is 121 Å². The van der Waals surface area contributed by atoms with Crippen molar-refractivity contribution in [3.8, 4) is 0 Å². The summed E-state index contributed by atoms with van der Waals surface area (Å²) in [6.45, 7) is 9.57. The van der Waals surface area contributed by atoms with E-state index in [0.29, 0.717) is 0 Å². The second-order valence-electron chi connectivity index (χ2n) is 16.6. The molecule has 0 saturated carbocycles. The van der Waals surface area contributed by atoms with E-state index in [1.165, 1.54) is 12.1 Å². The minimum Gasteiger partial charge on any atom is -0.454 e. The monoisotopic (exact) mass is 1010 g/mol. The molecule has 0 bridgehead atoms. The number of ether oxygens (including phenoxy) is 8. The zero-order valence-electron chi connectivity index (χ0n) is 38.3. The standard InChI is InChI=1S/C50H56Cl3NO13Si/c1-6-68(7-2,8-3)60-30-38-32(5)39(63-43(55)33-21-13-9-14-22-33)41(65-45(57)35-25-17-11-18-26-35)47(61-38)59-29-37-31(4)40(64-44(56)34-23-15-10-16-24-34)42(48(62-37)67-49(54)50(51,52)53)66-46(58)36-27-19-12-20-28-36/h9-28,31-32,37-42,47-48,54H,6-8,29-30H2,1-5H3/t31-,32-,37?,38-,39+,40+,41-,42-,47-,48?/m1/s1. The van der Waals surface area contributed by atoms with Crippen LogP contribution in [0.1, 0.15) is 76.1 Å². The normalized spacial score (nSPS) is 25.1. The van der Waals surface area contributed by atoms with Crippen LogP contribution in [0.4, 0.5) is 0 Å². The van der Waals surface area contributed by atoms with Crippen molar-refractivity contribution in [1.82, 2.24) is 0 Å². The number of carbonyl (C=O) groups excluding carboxylic acids is 4. The molecule has 10 atom stereocenters. The summed E-state index contributed by atoms with van der Waals surface area (Å²) in [5, 5.41) is 8.51. The smallest absolute Gasteiger partial charge is 0.338 e. The molecule has 0 aromatic heterocycles. The van der Waals surface area contributed by atoms with E-state index in [-0.39, 0.29) is 35.5 Å². The molecule has 68 heavy (non-hydrogen) atoms. The van der Waals surface area contributed by atoms with Crippen LogP contribution >= 0.6 is 34.8 Å². The third kappa shape index (κ3) is 13.3. The molecular formula is C50H56Cl3NO13Si. The first-order chi connectivity index (χ1) is 32.6. The number of hydrogen-bond acceptors (Lipinski definition) is 14.